The fraction of sp³-hybridized carbons (Fsp3) is 0.174. The number of hydrogen-bond acceptors (Lipinski definition) is 5. The minimum Gasteiger partial charge on any atom is -0.378 e. The van der Waals surface area contributed by atoms with E-state index in [9.17, 15) is 4.79 Å². The number of rotatable bonds is 4. The fourth-order valence-electron chi connectivity index (χ4n) is 3.62. The number of para-hydroxylation sites is 1. The van der Waals surface area contributed by atoms with E-state index in [1.807, 2.05) is 48.5 Å². The highest BCUT2D eigenvalue weighted by Gasteiger charge is 2.14. The zero-order chi connectivity index (χ0) is 20.3. The molecule has 5 rings (SSSR count). The Hall–Kier alpha value is -3.71. The van der Waals surface area contributed by atoms with E-state index in [1.54, 1.807) is 27.8 Å². The van der Waals surface area contributed by atoms with Crippen LogP contribution in [-0.4, -0.2) is 45.9 Å². The average Bonchev–Trinajstić information content (AvgIpc) is 3.30. The summed E-state index contributed by atoms with van der Waals surface area (Å²) in [4.78, 5) is 14.9. The molecule has 0 N–H and O–H groups in total. The molecule has 0 bridgehead atoms. The zero-order valence-corrected chi connectivity index (χ0v) is 16.4. The van der Waals surface area contributed by atoms with E-state index in [4.69, 9.17) is 4.74 Å². The van der Waals surface area contributed by atoms with Crippen LogP contribution in [0, 0.1) is 0 Å². The summed E-state index contributed by atoms with van der Waals surface area (Å²) >= 11 is 0. The molecule has 30 heavy (non-hydrogen) atoms. The van der Waals surface area contributed by atoms with Crippen LogP contribution in [0.25, 0.3) is 22.8 Å². The molecule has 0 unspecified atom stereocenters. The molecule has 0 aliphatic carbocycles. The third-order valence-electron chi connectivity index (χ3n) is 5.18. The van der Waals surface area contributed by atoms with E-state index >= 15 is 0 Å². The van der Waals surface area contributed by atoms with E-state index in [2.05, 4.69) is 27.2 Å². The van der Waals surface area contributed by atoms with Gasteiger partial charge < -0.3 is 9.64 Å². The molecule has 1 saturated heterocycles. The largest absolute Gasteiger partial charge is 0.378 e. The minimum absolute atomic E-state index is 0.145. The number of ether oxygens (including phenoxy) is 1. The van der Waals surface area contributed by atoms with Gasteiger partial charge >= 0.3 is 0 Å². The monoisotopic (exact) mass is 399 g/mol. The van der Waals surface area contributed by atoms with Gasteiger partial charge in [0.2, 0.25) is 5.43 Å². The number of nitrogens with zero attached hydrogens (tertiary/aromatic N) is 5. The van der Waals surface area contributed by atoms with Crippen molar-refractivity contribution >= 4 is 5.69 Å². The van der Waals surface area contributed by atoms with Crippen LogP contribution in [0.4, 0.5) is 5.69 Å². The Labute approximate surface area is 173 Å². The van der Waals surface area contributed by atoms with Gasteiger partial charge in [-0.15, -0.1) is 0 Å². The lowest BCUT2D eigenvalue weighted by Crippen LogP contribution is -2.36. The summed E-state index contributed by atoms with van der Waals surface area (Å²) in [7, 11) is 0. The van der Waals surface area contributed by atoms with Gasteiger partial charge in [0.15, 0.2) is 5.69 Å². The van der Waals surface area contributed by atoms with Crippen LogP contribution in [0.5, 0.6) is 0 Å². The first-order chi connectivity index (χ1) is 14.8. The minimum atomic E-state index is -0.145. The predicted molar refractivity (Wildman–Crippen MR) is 115 cm³/mol. The Kier molecular flexibility index (Phi) is 4.86. The van der Waals surface area contributed by atoms with Crippen molar-refractivity contribution in [2.45, 2.75) is 0 Å². The molecule has 150 valence electrons. The van der Waals surface area contributed by atoms with Gasteiger partial charge in [-0.25, -0.2) is 9.36 Å². The molecule has 0 saturated carbocycles. The van der Waals surface area contributed by atoms with Gasteiger partial charge in [-0.3, -0.25) is 4.79 Å². The molecular formula is C23H21N5O2. The highest BCUT2D eigenvalue weighted by Crippen LogP contribution is 2.20. The van der Waals surface area contributed by atoms with Crippen LogP contribution < -0.4 is 10.3 Å². The molecule has 0 spiro atoms. The van der Waals surface area contributed by atoms with Crippen LogP contribution >= 0.6 is 0 Å². The van der Waals surface area contributed by atoms with Crippen LogP contribution in [0.3, 0.4) is 0 Å². The second kappa shape index (κ2) is 7.96. The van der Waals surface area contributed by atoms with Crippen molar-refractivity contribution in [3.8, 4) is 22.8 Å². The number of morpholine rings is 1. The van der Waals surface area contributed by atoms with Gasteiger partial charge in [0.25, 0.3) is 0 Å². The maximum absolute atomic E-state index is 12.6. The molecule has 1 aliphatic heterocycles. The molecule has 0 atom stereocenters. The summed E-state index contributed by atoms with van der Waals surface area (Å²) in [6.07, 6.45) is 3.37. The Bertz CT molecular complexity index is 1190. The summed E-state index contributed by atoms with van der Waals surface area (Å²) in [6, 6.07) is 21.2. The van der Waals surface area contributed by atoms with Gasteiger partial charge in [-0.2, -0.15) is 10.2 Å². The first-order valence-electron chi connectivity index (χ1n) is 9.92. The van der Waals surface area contributed by atoms with Gasteiger partial charge in [0, 0.05) is 31.0 Å². The fourth-order valence-corrected chi connectivity index (χ4v) is 3.62. The van der Waals surface area contributed by atoms with Crippen molar-refractivity contribution in [1.82, 2.24) is 19.6 Å². The number of benzene rings is 2. The molecule has 4 aromatic rings. The van der Waals surface area contributed by atoms with Gasteiger partial charge in [-0.1, -0.05) is 18.2 Å². The summed E-state index contributed by atoms with van der Waals surface area (Å²) in [5.41, 5.74) is 3.80. The molecule has 3 heterocycles. The Morgan fingerprint density at radius 3 is 2.30 bits per heavy atom. The zero-order valence-electron chi connectivity index (χ0n) is 16.4. The van der Waals surface area contributed by atoms with Crippen LogP contribution in [0.2, 0.25) is 0 Å². The molecule has 1 fully saturated rings. The van der Waals surface area contributed by atoms with Crippen molar-refractivity contribution in [2.24, 2.45) is 0 Å². The van der Waals surface area contributed by atoms with E-state index in [0.29, 0.717) is 11.4 Å². The van der Waals surface area contributed by atoms with Gasteiger partial charge in [0.1, 0.15) is 0 Å². The highest BCUT2D eigenvalue weighted by atomic mass is 16.5. The van der Waals surface area contributed by atoms with Crippen LogP contribution in [0.1, 0.15) is 0 Å². The van der Waals surface area contributed by atoms with Crippen molar-refractivity contribution in [2.75, 3.05) is 31.2 Å². The topological polar surface area (TPSA) is 65.2 Å². The van der Waals surface area contributed by atoms with E-state index in [0.717, 1.165) is 43.4 Å². The lowest BCUT2D eigenvalue weighted by Gasteiger charge is -2.28. The normalized spacial score (nSPS) is 14.1. The smallest absolute Gasteiger partial charge is 0.209 e. The van der Waals surface area contributed by atoms with Crippen molar-refractivity contribution < 1.29 is 4.74 Å². The molecule has 7 nitrogen and oxygen atoms in total. The maximum atomic E-state index is 12.6. The molecule has 2 aromatic heterocycles. The van der Waals surface area contributed by atoms with E-state index in [1.165, 1.54) is 0 Å². The number of hydrogen-bond donors (Lipinski definition) is 0. The summed E-state index contributed by atoms with van der Waals surface area (Å²) in [5, 5.41) is 9.01. The lowest BCUT2D eigenvalue weighted by atomic mass is 10.2. The average molecular weight is 399 g/mol. The molecule has 0 radical (unpaired) electrons. The third kappa shape index (κ3) is 3.51. The Morgan fingerprint density at radius 1 is 0.800 bits per heavy atom. The molecule has 1 aliphatic rings. The molecule has 7 heteroatoms. The lowest BCUT2D eigenvalue weighted by molar-refractivity contribution is 0.122. The van der Waals surface area contributed by atoms with E-state index < -0.39 is 0 Å². The third-order valence-corrected chi connectivity index (χ3v) is 5.18. The van der Waals surface area contributed by atoms with Crippen molar-refractivity contribution in [3.63, 3.8) is 0 Å². The summed E-state index contributed by atoms with van der Waals surface area (Å²) in [6.45, 7) is 3.29. The second-order valence-corrected chi connectivity index (χ2v) is 7.05. The van der Waals surface area contributed by atoms with E-state index in [-0.39, 0.29) is 5.43 Å². The maximum Gasteiger partial charge on any atom is 0.209 e. The standard InChI is InChI=1S/C23H21N5O2/c29-22-11-13-27(19-8-6-18(7-9-19)26-14-16-30-17-15-26)25-23(22)21-10-12-24-28(21)20-4-2-1-3-5-20/h1-13H,14-17H2. The summed E-state index contributed by atoms with van der Waals surface area (Å²) in [5.74, 6) is 0. The Balaban J connectivity index is 1.49. The second-order valence-electron chi connectivity index (χ2n) is 7.05. The highest BCUT2D eigenvalue weighted by molar-refractivity contribution is 5.57. The van der Waals surface area contributed by atoms with Crippen molar-refractivity contribution in [1.29, 1.82) is 0 Å². The van der Waals surface area contributed by atoms with Gasteiger partial charge in [0.05, 0.1) is 36.5 Å². The molecular weight excluding hydrogens is 378 g/mol. The first-order valence-corrected chi connectivity index (χ1v) is 9.92. The van der Waals surface area contributed by atoms with Crippen molar-refractivity contribution in [3.05, 3.63) is 89.3 Å². The summed E-state index contributed by atoms with van der Waals surface area (Å²) < 4.78 is 8.88. The van der Waals surface area contributed by atoms with Crippen LogP contribution in [0.15, 0.2) is 83.9 Å². The van der Waals surface area contributed by atoms with Gasteiger partial charge in [-0.05, 0) is 42.5 Å². The number of aromatic nitrogens is 4. The van der Waals surface area contributed by atoms with Crippen LogP contribution in [-0.2, 0) is 4.74 Å². The Morgan fingerprint density at radius 2 is 1.53 bits per heavy atom. The SMILES string of the molecule is O=c1ccn(-c2ccc(N3CCOCC3)cc2)nc1-c1ccnn1-c1ccccc1. The first kappa shape index (κ1) is 18.3. The molecule has 2 aromatic carbocycles. The predicted octanol–water partition coefficient (Wildman–Crippen LogP) is 2.92. The number of anilines is 1. The quantitative estimate of drug-likeness (QED) is 0.528. The molecule has 0 amide bonds.